The van der Waals surface area contributed by atoms with Gasteiger partial charge < -0.3 is 0 Å². The second kappa shape index (κ2) is 4.06. The van der Waals surface area contributed by atoms with E-state index in [-0.39, 0.29) is 0 Å². The maximum atomic E-state index is 3.58. The van der Waals surface area contributed by atoms with Gasteiger partial charge in [-0.3, -0.25) is 0 Å². The van der Waals surface area contributed by atoms with Crippen LogP contribution in [-0.2, 0) is 0 Å². The lowest BCUT2D eigenvalue weighted by Crippen LogP contribution is -2.22. The van der Waals surface area contributed by atoms with Crippen molar-refractivity contribution >= 4 is 63.7 Å². The molecule has 0 aromatic rings. The standard InChI is InChI=1S/C6H6Br4/c7-3-1-4(8)6(10)2-5(3)9/h1,3,5-6H,2H2/t3-,5-,6+/m1/s1. The second-order valence-electron chi connectivity index (χ2n) is 2.22. The summed E-state index contributed by atoms with van der Waals surface area (Å²) in [5, 5.41) is 0. The predicted molar refractivity (Wildman–Crippen MR) is 59.8 cm³/mol. The largest absolute Gasteiger partial charge is 0.0875 e. The van der Waals surface area contributed by atoms with E-state index in [9.17, 15) is 0 Å². The number of allylic oxidation sites excluding steroid dienone is 2. The average Bonchev–Trinajstić information content (AvgIpc) is 1.84. The van der Waals surface area contributed by atoms with Gasteiger partial charge in [0.05, 0.1) is 0 Å². The molecule has 1 rings (SSSR count). The molecule has 0 aromatic heterocycles. The summed E-state index contributed by atoms with van der Waals surface area (Å²) in [5.74, 6) is 0. The highest BCUT2D eigenvalue weighted by molar-refractivity contribution is 9.14. The van der Waals surface area contributed by atoms with Gasteiger partial charge in [-0.15, -0.1) is 0 Å². The third-order valence-electron chi connectivity index (χ3n) is 1.40. The minimum Gasteiger partial charge on any atom is -0.0875 e. The van der Waals surface area contributed by atoms with Gasteiger partial charge in [0.15, 0.2) is 0 Å². The maximum Gasteiger partial charge on any atom is 0.0469 e. The maximum absolute atomic E-state index is 3.58. The zero-order valence-corrected chi connectivity index (χ0v) is 11.4. The summed E-state index contributed by atoms with van der Waals surface area (Å²) >= 11 is 14.2. The van der Waals surface area contributed by atoms with Crippen LogP contribution >= 0.6 is 63.7 Å². The first-order chi connectivity index (χ1) is 4.61. The molecule has 3 atom stereocenters. The lowest BCUT2D eigenvalue weighted by atomic mass is 10.1. The number of halogens is 4. The first-order valence-electron chi connectivity index (χ1n) is 2.90. The number of hydrogen-bond acceptors (Lipinski definition) is 0. The molecule has 0 aliphatic heterocycles. The molecule has 0 radical (unpaired) electrons. The highest BCUT2D eigenvalue weighted by Crippen LogP contribution is 2.35. The Kier molecular flexibility index (Phi) is 3.95. The molecule has 0 nitrogen and oxygen atoms in total. The van der Waals surface area contributed by atoms with Gasteiger partial charge in [0.25, 0.3) is 0 Å². The van der Waals surface area contributed by atoms with Gasteiger partial charge in [-0.25, -0.2) is 0 Å². The van der Waals surface area contributed by atoms with E-state index in [1.807, 2.05) is 0 Å². The van der Waals surface area contributed by atoms with Crippen LogP contribution in [0.2, 0.25) is 0 Å². The van der Waals surface area contributed by atoms with E-state index in [2.05, 4.69) is 69.8 Å². The van der Waals surface area contributed by atoms with Gasteiger partial charge in [-0.2, -0.15) is 0 Å². The molecule has 0 saturated heterocycles. The molecule has 58 valence electrons. The third-order valence-corrected chi connectivity index (χ3v) is 6.25. The Morgan fingerprint density at radius 2 is 1.90 bits per heavy atom. The molecule has 10 heavy (non-hydrogen) atoms. The van der Waals surface area contributed by atoms with Crippen LogP contribution in [-0.4, -0.2) is 14.5 Å². The Hall–Kier alpha value is 1.66. The SMILES string of the molecule is BrC1=C[C@@H](Br)[C@H](Br)C[C@@H]1Br. The first-order valence-corrected chi connectivity index (χ1v) is 6.44. The van der Waals surface area contributed by atoms with Crippen molar-refractivity contribution in [1.29, 1.82) is 0 Å². The highest BCUT2D eigenvalue weighted by atomic mass is 79.9. The molecule has 0 bridgehead atoms. The van der Waals surface area contributed by atoms with Crippen molar-refractivity contribution < 1.29 is 0 Å². The topological polar surface area (TPSA) is 0 Å². The van der Waals surface area contributed by atoms with Crippen molar-refractivity contribution in [3.63, 3.8) is 0 Å². The molecule has 0 unspecified atom stereocenters. The van der Waals surface area contributed by atoms with Crippen molar-refractivity contribution in [2.75, 3.05) is 0 Å². The zero-order chi connectivity index (χ0) is 7.72. The van der Waals surface area contributed by atoms with E-state index in [0.717, 1.165) is 6.42 Å². The summed E-state index contributed by atoms with van der Waals surface area (Å²) in [6.07, 6.45) is 3.29. The Bertz CT molecular complexity index is 154. The molecule has 1 aliphatic rings. The Morgan fingerprint density at radius 3 is 2.40 bits per heavy atom. The van der Waals surface area contributed by atoms with E-state index in [1.165, 1.54) is 4.48 Å². The molecular formula is C6H6Br4. The Balaban J connectivity index is 2.69. The van der Waals surface area contributed by atoms with Gasteiger partial charge in [0, 0.05) is 19.0 Å². The lowest BCUT2D eigenvalue weighted by molar-refractivity contribution is 0.790. The molecule has 0 spiro atoms. The van der Waals surface area contributed by atoms with Crippen LogP contribution in [0.5, 0.6) is 0 Å². The summed E-state index contributed by atoms with van der Waals surface area (Å²) in [7, 11) is 0. The quantitative estimate of drug-likeness (QED) is 0.543. The van der Waals surface area contributed by atoms with Crippen molar-refractivity contribution in [2.24, 2.45) is 0 Å². The monoisotopic (exact) mass is 394 g/mol. The second-order valence-corrected chi connectivity index (χ2v) is 6.47. The predicted octanol–water partition coefficient (Wildman–Crippen LogP) is 3.96. The van der Waals surface area contributed by atoms with Gasteiger partial charge in [0.1, 0.15) is 0 Å². The van der Waals surface area contributed by atoms with E-state index in [4.69, 9.17) is 0 Å². The fourth-order valence-corrected chi connectivity index (χ4v) is 3.71. The Morgan fingerprint density at radius 1 is 1.30 bits per heavy atom. The van der Waals surface area contributed by atoms with Crippen LogP contribution < -0.4 is 0 Å². The van der Waals surface area contributed by atoms with Crippen LogP contribution in [0.3, 0.4) is 0 Å². The average molecular weight is 398 g/mol. The number of rotatable bonds is 0. The van der Waals surface area contributed by atoms with Gasteiger partial charge in [-0.1, -0.05) is 69.8 Å². The van der Waals surface area contributed by atoms with E-state index >= 15 is 0 Å². The summed E-state index contributed by atoms with van der Waals surface area (Å²) in [6, 6.07) is 0. The fraction of sp³-hybridized carbons (Fsp3) is 0.667. The van der Waals surface area contributed by atoms with Crippen molar-refractivity contribution in [1.82, 2.24) is 0 Å². The van der Waals surface area contributed by atoms with Crippen molar-refractivity contribution in [3.05, 3.63) is 10.6 Å². The minimum atomic E-state index is 0.454. The van der Waals surface area contributed by atoms with Crippen LogP contribution in [0, 0.1) is 0 Å². The van der Waals surface area contributed by atoms with Crippen LogP contribution in [0.25, 0.3) is 0 Å². The molecule has 0 saturated carbocycles. The number of alkyl halides is 3. The molecule has 0 N–H and O–H groups in total. The van der Waals surface area contributed by atoms with E-state index in [1.54, 1.807) is 0 Å². The zero-order valence-electron chi connectivity index (χ0n) is 5.03. The molecule has 0 fully saturated rings. The minimum absolute atomic E-state index is 0.454. The molecule has 1 aliphatic carbocycles. The van der Waals surface area contributed by atoms with E-state index in [0.29, 0.717) is 14.5 Å². The van der Waals surface area contributed by atoms with Crippen LogP contribution in [0.4, 0.5) is 0 Å². The molecule has 0 heterocycles. The lowest BCUT2D eigenvalue weighted by Gasteiger charge is -2.23. The summed E-state index contributed by atoms with van der Waals surface area (Å²) in [6.45, 7) is 0. The van der Waals surface area contributed by atoms with Gasteiger partial charge in [0.2, 0.25) is 0 Å². The summed E-state index contributed by atoms with van der Waals surface area (Å²) < 4.78 is 1.24. The van der Waals surface area contributed by atoms with Gasteiger partial charge >= 0.3 is 0 Å². The van der Waals surface area contributed by atoms with Gasteiger partial charge in [-0.05, 0) is 6.42 Å². The van der Waals surface area contributed by atoms with Crippen molar-refractivity contribution in [3.8, 4) is 0 Å². The molecular weight excluding hydrogens is 392 g/mol. The first kappa shape index (κ1) is 9.75. The Labute approximate surface area is 94.3 Å². The summed E-state index contributed by atoms with van der Waals surface area (Å²) in [5.41, 5.74) is 0. The highest BCUT2D eigenvalue weighted by Gasteiger charge is 2.24. The third kappa shape index (κ3) is 2.32. The molecule has 0 amide bonds. The molecule has 0 aromatic carbocycles. The summed E-state index contributed by atoms with van der Waals surface area (Å²) in [4.78, 5) is 1.47. The van der Waals surface area contributed by atoms with Crippen LogP contribution in [0.1, 0.15) is 6.42 Å². The molecule has 4 heteroatoms. The number of hydrogen-bond donors (Lipinski definition) is 0. The normalized spacial score (nSPS) is 41.2. The van der Waals surface area contributed by atoms with Crippen LogP contribution in [0.15, 0.2) is 10.6 Å². The smallest absolute Gasteiger partial charge is 0.0469 e. The van der Waals surface area contributed by atoms with E-state index < -0.39 is 0 Å². The fourth-order valence-electron chi connectivity index (χ4n) is 0.801. The van der Waals surface area contributed by atoms with Crippen molar-refractivity contribution in [2.45, 2.75) is 20.9 Å².